The summed E-state index contributed by atoms with van der Waals surface area (Å²) in [6.07, 6.45) is 1.05. The number of halogens is 2. The summed E-state index contributed by atoms with van der Waals surface area (Å²) >= 11 is 5.91. The van der Waals surface area contributed by atoms with Gasteiger partial charge >= 0.3 is 0 Å². The minimum Gasteiger partial charge on any atom is -0.506 e. The second kappa shape index (κ2) is 5.38. The minimum absolute atomic E-state index is 0.0500. The lowest BCUT2D eigenvalue weighted by Gasteiger charge is -2.12. The first-order chi connectivity index (χ1) is 9.45. The molecule has 0 radical (unpaired) electrons. The molecule has 0 spiro atoms. The van der Waals surface area contributed by atoms with Crippen molar-refractivity contribution in [1.82, 2.24) is 0 Å². The molecule has 20 heavy (non-hydrogen) atoms. The van der Waals surface area contributed by atoms with Gasteiger partial charge in [-0.3, -0.25) is 0 Å². The maximum Gasteiger partial charge on any atom is 0.165 e. The summed E-state index contributed by atoms with van der Waals surface area (Å²) in [6, 6.07) is 5.39. The number of benzene rings is 2. The van der Waals surface area contributed by atoms with Gasteiger partial charge in [-0.1, -0.05) is 22.8 Å². The van der Waals surface area contributed by atoms with Gasteiger partial charge in [0.25, 0.3) is 0 Å². The average molecular weight is 296 g/mol. The van der Waals surface area contributed by atoms with Crippen molar-refractivity contribution in [2.45, 2.75) is 6.92 Å². The summed E-state index contributed by atoms with van der Waals surface area (Å²) in [5, 5.41) is 30.6. The number of phenolic OH excluding ortho intramolecular Hbond substituents is 2. The predicted octanol–water partition coefficient (Wildman–Crippen LogP) is 3.67. The fraction of sp³-hybridized carbons (Fsp3) is 0.0714. The topological polar surface area (TPSA) is 73.0 Å². The number of rotatable bonds is 2. The Morgan fingerprint density at radius 2 is 1.95 bits per heavy atom. The van der Waals surface area contributed by atoms with Crippen LogP contribution in [0.25, 0.3) is 11.1 Å². The molecule has 0 fully saturated rings. The number of oxime groups is 1. The van der Waals surface area contributed by atoms with Crippen molar-refractivity contribution in [2.75, 3.05) is 0 Å². The fourth-order valence-electron chi connectivity index (χ4n) is 1.94. The third-order valence-electron chi connectivity index (χ3n) is 3.01. The van der Waals surface area contributed by atoms with Gasteiger partial charge in [0, 0.05) is 5.56 Å². The minimum atomic E-state index is -0.761. The molecule has 0 bridgehead atoms. The van der Waals surface area contributed by atoms with Crippen LogP contribution >= 0.6 is 11.6 Å². The molecule has 2 aromatic rings. The lowest BCUT2D eigenvalue weighted by Crippen LogP contribution is -1.94. The lowest BCUT2D eigenvalue weighted by atomic mass is 9.96. The number of nitrogens with zero attached hydrogens (tertiary/aromatic N) is 1. The van der Waals surface area contributed by atoms with E-state index >= 15 is 0 Å². The van der Waals surface area contributed by atoms with Crippen molar-refractivity contribution >= 4 is 17.8 Å². The number of hydrogen-bond donors (Lipinski definition) is 3. The molecular weight excluding hydrogens is 285 g/mol. The van der Waals surface area contributed by atoms with Crippen LogP contribution in [0.2, 0.25) is 5.02 Å². The molecule has 0 aromatic heterocycles. The van der Waals surface area contributed by atoms with Gasteiger partial charge in [0.05, 0.1) is 11.2 Å². The highest BCUT2D eigenvalue weighted by Crippen LogP contribution is 2.37. The molecule has 0 heterocycles. The van der Waals surface area contributed by atoms with E-state index in [4.69, 9.17) is 16.8 Å². The zero-order valence-electron chi connectivity index (χ0n) is 10.4. The summed E-state index contributed by atoms with van der Waals surface area (Å²) in [7, 11) is 0. The van der Waals surface area contributed by atoms with Crippen molar-refractivity contribution in [3.05, 3.63) is 46.2 Å². The maximum absolute atomic E-state index is 13.4. The first-order valence-electron chi connectivity index (χ1n) is 5.64. The molecule has 0 aliphatic rings. The molecule has 4 nitrogen and oxygen atoms in total. The van der Waals surface area contributed by atoms with Crippen LogP contribution in [0.3, 0.4) is 0 Å². The lowest BCUT2D eigenvalue weighted by molar-refractivity contribution is 0.321. The zero-order valence-corrected chi connectivity index (χ0v) is 11.2. The largest absolute Gasteiger partial charge is 0.506 e. The molecule has 0 aliphatic heterocycles. The van der Waals surface area contributed by atoms with Gasteiger partial charge in [-0.2, -0.15) is 0 Å². The van der Waals surface area contributed by atoms with Crippen LogP contribution in [0.4, 0.5) is 4.39 Å². The van der Waals surface area contributed by atoms with E-state index in [-0.39, 0.29) is 16.3 Å². The van der Waals surface area contributed by atoms with E-state index in [0.29, 0.717) is 16.7 Å². The number of hydrogen-bond acceptors (Lipinski definition) is 4. The molecule has 0 atom stereocenters. The Hall–Kier alpha value is -2.27. The standard InChI is InChI=1S/C14H11ClFNO3/c1-7-9(8-2-3-13(18)12(16)4-8)5-11(15)14(19)10(7)6-17-20/h2-6,18-20H,1H3/b17-6+. The van der Waals surface area contributed by atoms with Crippen LogP contribution in [-0.2, 0) is 0 Å². The van der Waals surface area contributed by atoms with E-state index < -0.39 is 11.6 Å². The van der Waals surface area contributed by atoms with Gasteiger partial charge < -0.3 is 15.4 Å². The Morgan fingerprint density at radius 3 is 2.55 bits per heavy atom. The second-order valence-electron chi connectivity index (χ2n) is 4.20. The molecule has 104 valence electrons. The van der Waals surface area contributed by atoms with Crippen LogP contribution in [0, 0.1) is 12.7 Å². The highest BCUT2D eigenvalue weighted by molar-refractivity contribution is 6.33. The van der Waals surface area contributed by atoms with Gasteiger partial charge in [-0.05, 0) is 41.8 Å². The summed E-state index contributed by atoms with van der Waals surface area (Å²) in [5.41, 5.74) is 1.84. The summed E-state index contributed by atoms with van der Waals surface area (Å²) in [5.74, 6) is -1.43. The molecule has 2 aromatic carbocycles. The number of aromatic hydroxyl groups is 2. The number of phenols is 2. The van der Waals surface area contributed by atoms with Crippen molar-refractivity contribution in [2.24, 2.45) is 5.16 Å². The van der Waals surface area contributed by atoms with E-state index in [2.05, 4.69) is 5.16 Å². The second-order valence-corrected chi connectivity index (χ2v) is 4.61. The van der Waals surface area contributed by atoms with E-state index in [1.807, 2.05) is 0 Å². The molecular formula is C14H11ClFNO3. The van der Waals surface area contributed by atoms with Gasteiger partial charge in [0.2, 0.25) is 0 Å². The van der Waals surface area contributed by atoms with Crippen LogP contribution < -0.4 is 0 Å². The molecule has 0 aliphatic carbocycles. The van der Waals surface area contributed by atoms with E-state index in [1.54, 1.807) is 6.92 Å². The zero-order chi connectivity index (χ0) is 14.9. The van der Waals surface area contributed by atoms with Crippen LogP contribution in [0.1, 0.15) is 11.1 Å². The molecule has 0 saturated carbocycles. The first kappa shape index (κ1) is 14.1. The Morgan fingerprint density at radius 1 is 1.25 bits per heavy atom. The van der Waals surface area contributed by atoms with Gasteiger partial charge in [-0.25, -0.2) is 4.39 Å². The molecule has 3 N–H and O–H groups in total. The average Bonchev–Trinajstić information content (AvgIpc) is 2.42. The van der Waals surface area contributed by atoms with Crippen LogP contribution in [0.5, 0.6) is 11.5 Å². The Kier molecular flexibility index (Phi) is 3.81. The van der Waals surface area contributed by atoms with Gasteiger partial charge in [0.15, 0.2) is 11.6 Å². The van der Waals surface area contributed by atoms with Crippen LogP contribution in [-0.4, -0.2) is 21.6 Å². The maximum atomic E-state index is 13.4. The smallest absolute Gasteiger partial charge is 0.165 e. The van der Waals surface area contributed by atoms with E-state index in [9.17, 15) is 14.6 Å². The molecule has 6 heteroatoms. The SMILES string of the molecule is Cc1c(-c2ccc(O)c(F)c2)cc(Cl)c(O)c1/C=N/O. The Balaban J connectivity index is 2.71. The highest BCUT2D eigenvalue weighted by atomic mass is 35.5. The van der Waals surface area contributed by atoms with Gasteiger partial charge in [0.1, 0.15) is 5.75 Å². The molecule has 0 unspecified atom stereocenters. The van der Waals surface area contributed by atoms with Gasteiger partial charge in [-0.15, -0.1) is 0 Å². The van der Waals surface area contributed by atoms with E-state index in [1.165, 1.54) is 18.2 Å². The van der Waals surface area contributed by atoms with Crippen molar-refractivity contribution in [1.29, 1.82) is 0 Å². The fourth-order valence-corrected chi connectivity index (χ4v) is 2.16. The van der Waals surface area contributed by atoms with Crippen molar-refractivity contribution < 1.29 is 19.8 Å². The predicted molar refractivity (Wildman–Crippen MR) is 74.3 cm³/mol. The highest BCUT2D eigenvalue weighted by Gasteiger charge is 2.15. The summed E-state index contributed by atoms with van der Waals surface area (Å²) in [6.45, 7) is 1.67. The third-order valence-corrected chi connectivity index (χ3v) is 3.29. The monoisotopic (exact) mass is 295 g/mol. The summed E-state index contributed by atoms with van der Waals surface area (Å²) < 4.78 is 13.4. The van der Waals surface area contributed by atoms with Crippen molar-refractivity contribution in [3.8, 4) is 22.6 Å². The Labute approximate surface area is 119 Å². The van der Waals surface area contributed by atoms with Crippen LogP contribution in [0.15, 0.2) is 29.4 Å². The molecule has 0 saturated heterocycles. The quantitative estimate of drug-likeness (QED) is 0.449. The molecule has 2 rings (SSSR count). The summed E-state index contributed by atoms with van der Waals surface area (Å²) in [4.78, 5) is 0. The first-order valence-corrected chi connectivity index (χ1v) is 6.02. The third kappa shape index (κ3) is 2.40. The molecule has 0 amide bonds. The Bertz CT molecular complexity index is 701. The van der Waals surface area contributed by atoms with E-state index in [0.717, 1.165) is 12.3 Å². The normalized spacial score (nSPS) is 11.2. The van der Waals surface area contributed by atoms with Crippen molar-refractivity contribution in [3.63, 3.8) is 0 Å².